The average molecular weight is 417 g/mol. The number of nitrogens with one attached hydrogen (secondary N) is 2. The highest BCUT2D eigenvalue weighted by Gasteiger charge is 2.17. The van der Waals surface area contributed by atoms with Gasteiger partial charge in [-0.05, 0) is 0 Å². The first-order chi connectivity index (χ1) is 12.7. The van der Waals surface area contributed by atoms with Gasteiger partial charge in [-0.3, -0.25) is 4.79 Å². The molecule has 2 heterocycles. The monoisotopic (exact) mass is 416 g/mol. The van der Waals surface area contributed by atoms with Crippen LogP contribution in [-0.4, -0.2) is 55.3 Å². The van der Waals surface area contributed by atoms with Crippen LogP contribution in [0.5, 0.6) is 11.5 Å². The number of nitrogens with zero attached hydrogens (tertiary/aromatic N) is 2. The number of carbonyl (C=O) groups excluding carboxylic acids is 1. The van der Waals surface area contributed by atoms with Gasteiger partial charge in [-0.25, -0.2) is 0 Å². The molecular weight excluding hydrogens is 400 g/mol. The van der Waals surface area contributed by atoms with Crippen molar-refractivity contribution in [2.24, 2.45) is 0 Å². The van der Waals surface area contributed by atoms with Crippen molar-refractivity contribution in [2.45, 2.75) is 4.34 Å². The van der Waals surface area contributed by atoms with Crippen molar-refractivity contribution in [2.75, 3.05) is 49.9 Å². The molecule has 0 saturated heterocycles. The van der Waals surface area contributed by atoms with Crippen LogP contribution < -0.4 is 20.1 Å². The van der Waals surface area contributed by atoms with Crippen LogP contribution in [0.25, 0.3) is 0 Å². The fraction of sp³-hybridized carbons (Fsp3) is 0.400. The first-order valence-corrected chi connectivity index (χ1v) is 9.92. The molecule has 1 amide bonds. The second-order valence-corrected chi connectivity index (χ2v) is 7.71. The van der Waals surface area contributed by atoms with E-state index in [9.17, 15) is 4.79 Å². The summed E-state index contributed by atoms with van der Waals surface area (Å²) in [5, 5.41) is 15.0. The molecule has 11 heteroatoms. The maximum atomic E-state index is 12.2. The van der Waals surface area contributed by atoms with Gasteiger partial charge in [-0.2, -0.15) is 0 Å². The molecule has 2 aromatic rings. The first-order valence-electron chi connectivity index (χ1n) is 7.74. The highest BCUT2D eigenvalue weighted by Crippen LogP contribution is 2.38. The Hall–Kier alpha value is -1.75. The van der Waals surface area contributed by atoms with Gasteiger partial charge in [0.15, 0.2) is 15.8 Å². The zero-order valence-electron chi connectivity index (χ0n) is 13.9. The molecule has 0 spiro atoms. The van der Waals surface area contributed by atoms with Crippen molar-refractivity contribution in [3.8, 4) is 11.5 Å². The minimum Gasteiger partial charge on any atom is -0.486 e. The molecule has 0 aliphatic carbocycles. The number of aromatic nitrogens is 2. The Morgan fingerprint density at radius 1 is 1.35 bits per heavy atom. The molecule has 2 N–H and O–H groups in total. The molecule has 0 fully saturated rings. The van der Waals surface area contributed by atoms with Crippen LogP contribution in [0.2, 0.25) is 5.02 Å². The quantitative estimate of drug-likeness (QED) is 0.501. The van der Waals surface area contributed by atoms with Crippen molar-refractivity contribution < 1.29 is 19.0 Å². The summed E-state index contributed by atoms with van der Waals surface area (Å²) in [5.41, 5.74) is 0.487. The summed E-state index contributed by atoms with van der Waals surface area (Å²) in [6.45, 7) is 2.19. The number of hydrogen-bond donors (Lipinski definition) is 2. The third-order valence-electron chi connectivity index (χ3n) is 3.22. The number of amides is 1. The lowest BCUT2D eigenvalue weighted by Gasteiger charge is -2.19. The average Bonchev–Trinajstić information content (AvgIpc) is 3.09. The van der Waals surface area contributed by atoms with Crippen LogP contribution >= 0.6 is 34.7 Å². The van der Waals surface area contributed by atoms with Crippen molar-refractivity contribution in [1.29, 1.82) is 0 Å². The van der Waals surface area contributed by atoms with E-state index >= 15 is 0 Å². The van der Waals surface area contributed by atoms with Gasteiger partial charge in [-0.1, -0.05) is 34.7 Å². The van der Waals surface area contributed by atoms with Crippen LogP contribution in [0.1, 0.15) is 0 Å². The molecule has 0 atom stereocenters. The smallest absolute Gasteiger partial charge is 0.234 e. The fourth-order valence-corrected chi connectivity index (χ4v) is 3.85. The highest BCUT2D eigenvalue weighted by molar-refractivity contribution is 8.01. The number of fused-ring (bicyclic) bond motifs is 1. The normalized spacial score (nSPS) is 12.7. The van der Waals surface area contributed by atoms with E-state index in [2.05, 4.69) is 20.8 Å². The van der Waals surface area contributed by atoms with Gasteiger partial charge in [-0.15, -0.1) is 10.2 Å². The molecule has 0 bridgehead atoms. The lowest BCUT2D eigenvalue weighted by atomic mass is 10.2. The first kappa shape index (κ1) is 19.0. The second kappa shape index (κ2) is 9.26. The molecular formula is C15H17ClN4O4S2. The van der Waals surface area contributed by atoms with Gasteiger partial charge in [0, 0.05) is 25.8 Å². The third-order valence-corrected chi connectivity index (χ3v) is 5.55. The summed E-state index contributed by atoms with van der Waals surface area (Å²) in [7, 11) is 1.63. The molecule has 8 nitrogen and oxygen atoms in total. The van der Waals surface area contributed by atoms with Gasteiger partial charge in [0.2, 0.25) is 11.0 Å². The van der Waals surface area contributed by atoms with Gasteiger partial charge in [0.1, 0.15) is 13.2 Å². The molecule has 1 aliphatic heterocycles. The maximum absolute atomic E-state index is 12.2. The highest BCUT2D eigenvalue weighted by atomic mass is 35.5. The lowest BCUT2D eigenvalue weighted by molar-refractivity contribution is -0.113. The summed E-state index contributed by atoms with van der Waals surface area (Å²) in [5.74, 6) is 1.14. The van der Waals surface area contributed by atoms with Crippen molar-refractivity contribution >= 4 is 51.4 Å². The zero-order valence-corrected chi connectivity index (χ0v) is 16.3. The minimum absolute atomic E-state index is 0.192. The largest absolute Gasteiger partial charge is 0.486 e. The van der Waals surface area contributed by atoms with E-state index in [4.69, 9.17) is 25.8 Å². The Labute approximate surface area is 163 Å². The number of halogens is 1. The molecule has 1 aromatic heterocycles. The van der Waals surface area contributed by atoms with Crippen LogP contribution in [0.15, 0.2) is 16.5 Å². The zero-order chi connectivity index (χ0) is 18.4. The standard InChI is InChI=1S/C15H17ClN4O4S2/c1-22-3-2-17-14-19-20-15(26-14)25-8-13(21)18-10-7-12-11(6-9(10)16)23-4-5-24-12/h6-7H,2-5,8H2,1H3,(H,17,19)(H,18,21). The van der Waals surface area contributed by atoms with E-state index in [1.54, 1.807) is 19.2 Å². The number of rotatable bonds is 8. The van der Waals surface area contributed by atoms with Crippen LogP contribution in [0, 0.1) is 0 Å². The van der Waals surface area contributed by atoms with E-state index in [-0.39, 0.29) is 11.7 Å². The number of hydrogen-bond acceptors (Lipinski definition) is 9. The molecule has 26 heavy (non-hydrogen) atoms. The Balaban J connectivity index is 1.51. The van der Waals surface area contributed by atoms with E-state index in [0.717, 1.165) is 0 Å². The molecule has 0 saturated carbocycles. The number of methoxy groups -OCH3 is 1. The number of anilines is 2. The fourth-order valence-electron chi connectivity index (χ4n) is 2.07. The Morgan fingerprint density at radius 3 is 2.88 bits per heavy atom. The Kier molecular flexibility index (Phi) is 6.78. The summed E-state index contributed by atoms with van der Waals surface area (Å²) >= 11 is 8.88. The minimum atomic E-state index is -0.197. The molecule has 3 rings (SSSR count). The van der Waals surface area contributed by atoms with E-state index < -0.39 is 0 Å². The molecule has 0 radical (unpaired) electrons. The Bertz CT molecular complexity index is 774. The second-order valence-electron chi connectivity index (χ2n) is 5.11. The van der Waals surface area contributed by atoms with E-state index in [1.165, 1.54) is 23.1 Å². The SMILES string of the molecule is COCCNc1nnc(SCC(=O)Nc2cc3c(cc2Cl)OCCO3)s1. The molecule has 1 aliphatic rings. The van der Waals surface area contributed by atoms with Crippen LogP contribution in [-0.2, 0) is 9.53 Å². The third kappa shape index (κ3) is 5.13. The summed E-state index contributed by atoms with van der Waals surface area (Å²) in [4.78, 5) is 12.2. The predicted octanol–water partition coefficient (Wildman–Crippen LogP) is 2.75. The predicted molar refractivity (Wildman–Crippen MR) is 102 cm³/mol. The topological polar surface area (TPSA) is 94.6 Å². The number of ether oxygens (including phenoxy) is 3. The van der Waals surface area contributed by atoms with Crippen molar-refractivity contribution in [1.82, 2.24) is 10.2 Å². The summed E-state index contributed by atoms with van der Waals surface area (Å²) < 4.78 is 16.6. The van der Waals surface area contributed by atoms with Gasteiger partial charge < -0.3 is 24.8 Å². The number of benzene rings is 1. The van der Waals surface area contributed by atoms with E-state index in [1.807, 2.05) is 0 Å². The van der Waals surface area contributed by atoms with Gasteiger partial charge in [0.25, 0.3) is 0 Å². The lowest BCUT2D eigenvalue weighted by Crippen LogP contribution is -2.17. The van der Waals surface area contributed by atoms with Crippen LogP contribution in [0.3, 0.4) is 0 Å². The van der Waals surface area contributed by atoms with Gasteiger partial charge >= 0.3 is 0 Å². The molecule has 140 valence electrons. The van der Waals surface area contributed by atoms with Crippen molar-refractivity contribution in [3.05, 3.63) is 17.2 Å². The Morgan fingerprint density at radius 2 is 2.12 bits per heavy atom. The van der Waals surface area contributed by atoms with E-state index in [0.29, 0.717) is 58.0 Å². The summed E-state index contributed by atoms with van der Waals surface area (Å²) in [6, 6.07) is 3.31. The summed E-state index contributed by atoms with van der Waals surface area (Å²) in [6.07, 6.45) is 0. The van der Waals surface area contributed by atoms with Crippen LogP contribution in [0.4, 0.5) is 10.8 Å². The molecule has 1 aromatic carbocycles. The number of thioether (sulfide) groups is 1. The maximum Gasteiger partial charge on any atom is 0.234 e. The van der Waals surface area contributed by atoms with Crippen molar-refractivity contribution in [3.63, 3.8) is 0 Å². The molecule has 0 unspecified atom stereocenters. The van der Waals surface area contributed by atoms with Gasteiger partial charge in [0.05, 0.1) is 23.1 Å². The number of carbonyl (C=O) groups is 1.